The highest BCUT2D eigenvalue weighted by Crippen LogP contribution is 2.33. The fraction of sp³-hybridized carbons (Fsp3) is 0.588. The van der Waals surface area contributed by atoms with E-state index in [0.717, 1.165) is 25.4 Å². The van der Waals surface area contributed by atoms with Crippen molar-refractivity contribution in [3.05, 3.63) is 33.4 Å². The molecule has 1 saturated heterocycles. The minimum Gasteiger partial charge on any atom is -0.460 e. The summed E-state index contributed by atoms with van der Waals surface area (Å²) in [5, 5.41) is 0.504. The van der Waals surface area contributed by atoms with Gasteiger partial charge in [-0.1, -0.05) is 12.1 Å². The molecular formula is C17H24INO2S. The van der Waals surface area contributed by atoms with Crippen molar-refractivity contribution in [2.75, 3.05) is 25.4 Å². The summed E-state index contributed by atoms with van der Waals surface area (Å²) in [5.74, 6) is 1.02. The van der Waals surface area contributed by atoms with Crippen LogP contribution in [0.15, 0.2) is 24.3 Å². The molecule has 0 amide bonds. The van der Waals surface area contributed by atoms with Gasteiger partial charge in [0.05, 0.1) is 6.42 Å². The molecule has 0 radical (unpaired) electrons. The fourth-order valence-electron chi connectivity index (χ4n) is 2.43. The van der Waals surface area contributed by atoms with Crippen molar-refractivity contribution in [1.82, 2.24) is 4.90 Å². The molecule has 1 fully saturated rings. The Hall–Kier alpha value is -0.270. The first kappa shape index (κ1) is 18.1. The zero-order chi connectivity index (χ0) is 16.2. The second-order valence-corrected chi connectivity index (χ2v) is 9.10. The maximum atomic E-state index is 11.8. The molecule has 0 bridgehead atoms. The molecule has 0 aliphatic carbocycles. The predicted molar refractivity (Wildman–Crippen MR) is 101 cm³/mol. The summed E-state index contributed by atoms with van der Waals surface area (Å²) in [6.07, 6.45) is 0.474. The average molecular weight is 433 g/mol. The number of hydrogen-bond donors (Lipinski definition) is 0. The molecule has 1 aliphatic rings. The lowest BCUT2D eigenvalue weighted by molar-refractivity contribution is -0.155. The summed E-state index contributed by atoms with van der Waals surface area (Å²) in [5.41, 5.74) is 0.992. The fourth-order valence-corrected chi connectivity index (χ4v) is 4.10. The average Bonchev–Trinajstić information content (AvgIpc) is 2.44. The SMILES string of the molecule is CC(C)(C)OC(=O)CCN1CCS[C@@H](c2ccc(I)cc2)C1. The van der Waals surface area contributed by atoms with Gasteiger partial charge in [-0.3, -0.25) is 4.79 Å². The molecule has 1 aromatic rings. The number of benzene rings is 1. The number of thioether (sulfide) groups is 1. The van der Waals surface area contributed by atoms with Crippen LogP contribution in [0.5, 0.6) is 0 Å². The Morgan fingerprint density at radius 1 is 1.36 bits per heavy atom. The molecule has 22 heavy (non-hydrogen) atoms. The van der Waals surface area contributed by atoms with Crippen LogP contribution in [-0.2, 0) is 9.53 Å². The molecule has 122 valence electrons. The lowest BCUT2D eigenvalue weighted by Crippen LogP contribution is -2.36. The second-order valence-electron chi connectivity index (χ2n) is 6.55. The molecular weight excluding hydrogens is 409 g/mol. The Balaban J connectivity index is 1.83. The van der Waals surface area contributed by atoms with Gasteiger partial charge in [-0.05, 0) is 61.1 Å². The third kappa shape index (κ3) is 6.08. The number of esters is 1. The minimum atomic E-state index is -0.390. The van der Waals surface area contributed by atoms with Gasteiger partial charge in [0.1, 0.15) is 5.60 Å². The van der Waals surface area contributed by atoms with Crippen LogP contribution < -0.4 is 0 Å². The van der Waals surface area contributed by atoms with Crippen molar-refractivity contribution in [3.63, 3.8) is 0 Å². The molecule has 1 atom stereocenters. The number of halogens is 1. The van der Waals surface area contributed by atoms with Crippen molar-refractivity contribution in [3.8, 4) is 0 Å². The highest BCUT2D eigenvalue weighted by molar-refractivity contribution is 14.1. The Morgan fingerprint density at radius 2 is 2.05 bits per heavy atom. The van der Waals surface area contributed by atoms with Crippen molar-refractivity contribution in [2.45, 2.75) is 38.0 Å². The van der Waals surface area contributed by atoms with E-state index in [1.165, 1.54) is 9.13 Å². The van der Waals surface area contributed by atoms with Gasteiger partial charge in [0.2, 0.25) is 0 Å². The van der Waals surface area contributed by atoms with Crippen LogP contribution >= 0.6 is 34.4 Å². The van der Waals surface area contributed by atoms with Gasteiger partial charge in [0.25, 0.3) is 0 Å². The van der Waals surface area contributed by atoms with E-state index in [2.05, 4.69) is 51.8 Å². The smallest absolute Gasteiger partial charge is 0.307 e. The second kappa shape index (κ2) is 8.02. The lowest BCUT2D eigenvalue weighted by Gasteiger charge is -2.32. The van der Waals surface area contributed by atoms with Crippen LogP contribution in [0.25, 0.3) is 0 Å². The van der Waals surface area contributed by atoms with E-state index in [1.807, 2.05) is 32.5 Å². The summed E-state index contributed by atoms with van der Waals surface area (Å²) in [4.78, 5) is 14.2. The molecule has 2 rings (SSSR count). The minimum absolute atomic E-state index is 0.100. The molecule has 1 heterocycles. The topological polar surface area (TPSA) is 29.5 Å². The summed E-state index contributed by atoms with van der Waals surface area (Å²) >= 11 is 4.34. The predicted octanol–water partition coefficient (Wildman–Crippen LogP) is 4.11. The summed E-state index contributed by atoms with van der Waals surface area (Å²) < 4.78 is 6.65. The van der Waals surface area contributed by atoms with E-state index >= 15 is 0 Å². The van der Waals surface area contributed by atoms with Crippen molar-refractivity contribution in [1.29, 1.82) is 0 Å². The van der Waals surface area contributed by atoms with Gasteiger partial charge in [0.15, 0.2) is 0 Å². The molecule has 0 aromatic heterocycles. The van der Waals surface area contributed by atoms with E-state index in [9.17, 15) is 4.79 Å². The van der Waals surface area contributed by atoms with Crippen LogP contribution in [0.3, 0.4) is 0 Å². The van der Waals surface area contributed by atoms with Crippen LogP contribution in [0.4, 0.5) is 0 Å². The largest absolute Gasteiger partial charge is 0.460 e. The number of ether oxygens (including phenoxy) is 1. The van der Waals surface area contributed by atoms with Gasteiger partial charge < -0.3 is 9.64 Å². The van der Waals surface area contributed by atoms with E-state index < -0.39 is 5.60 Å². The summed E-state index contributed by atoms with van der Waals surface area (Å²) in [7, 11) is 0. The molecule has 0 unspecified atom stereocenters. The highest BCUT2D eigenvalue weighted by Gasteiger charge is 2.23. The monoisotopic (exact) mass is 433 g/mol. The van der Waals surface area contributed by atoms with Gasteiger partial charge in [0, 0.05) is 34.2 Å². The van der Waals surface area contributed by atoms with E-state index in [1.54, 1.807) is 0 Å². The molecule has 1 aromatic carbocycles. The van der Waals surface area contributed by atoms with Crippen LogP contribution in [0.2, 0.25) is 0 Å². The van der Waals surface area contributed by atoms with Gasteiger partial charge >= 0.3 is 5.97 Å². The van der Waals surface area contributed by atoms with Crippen LogP contribution in [0, 0.1) is 3.57 Å². The van der Waals surface area contributed by atoms with Gasteiger partial charge in [-0.25, -0.2) is 0 Å². The lowest BCUT2D eigenvalue weighted by atomic mass is 10.1. The zero-order valence-corrected chi connectivity index (χ0v) is 16.4. The quantitative estimate of drug-likeness (QED) is 0.528. The molecule has 5 heteroatoms. The third-order valence-corrected chi connectivity index (χ3v) is 5.41. The number of rotatable bonds is 4. The van der Waals surface area contributed by atoms with E-state index in [4.69, 9.17) is 4.74 Å². The molecule has 0 spiro atoms. The Labute approximate surface area is 151 Å². The number of carbonyl (C=O) groups excluding carboxylic acids is 1. The van der Waals surface area contributed by atoms with Crippen molar-refractivity contribution < 1.29 is 9.53 Å². The van der Waals surface area contributed by atoms with Crippen molar-refractivity contribution >= 4 is 40.3 Å². The van der Waals surface area contributed by atoms with Gasteiger partial charge in [-0.15, -0.1) is 0 Å². The molecule has 3 nitrogen and oxygen atoms in total. The number of hydrogen-bond acceptors (Lipinski definition) is 4. The maximum absolute atomic E-state index is 11.8. The van der Waals surface area contributed by atoms with Gasteiger partial charge in [-0.2, -0.15) is 11.8 Å². The Morgan fingerprint density at radius 3 is 2.68 bits per heavy atom. The third-order valence-electron chi connectivity index (χ3n) is 3.44. The molecule has 0 N–H and O–H groups in total. The Kier molecular flexibility index (Phi) is 6.58. The number of nitrogens with zero attached hydrogens (tertiary/aromatic N) is 1. The van der Waals surface area contributed by atoms with Crippen molar-refractivity contribution in [2.24, 2.45) is 0 Å². The first-order valence-electron chi connectivity index (χ1n) is 7.65. The highest BCUT2D eigenvalue weighted by atomic mass is 127. The number of carbonyl (C=O) groups is 1. The Bertz CT molecular complexity index is 498. The van der Waals surface area contributed by atoms with Crippen LogP contribution in [0.1, 0.15) is 38.0 Å². The summed E-state index contributed by atoms with van der Waals surface area (Å²) in [6.45, 7) is 8.58. The summed E-state index contributed by atoms with van der Waals surface area (Å²) in [6, 6.07) is 8.76. The first-order valence-corrected chi connectivity index (χ1v) is 9.77. The molecule has 0 saturated carbocycles. The maximum Gasteiger partial charge on any atom is 0.307 e. The standard InChI is InChI=1S/C17H24INO2S/c1-17(2,3)21-16(20)8-9-19-10-11-22-15(12-19)13-4-6-14(18)7-5-13/h4-7,15H,8-12H2,1-3H3/t15-/m1/s1. The normalized spacial score (nSPS) is 19.9. The van der Waals surface area contributed by atoms with E-state index in [0.29, 0.717) is 11.7 Å². The van der Waals surface area contributed by atoms with E-state index in [-0.39, 0.29) is 5.97 Å². The van der Waals surface area contributed by atoms with Crippen LogP contribution in [-0.4, -0.2) is 41.9 Å². The molecule has 1 aliphatic heterocycles. The first-order chi connectivity index (χ1) is 10.3. The zero-order valence-electron chi connectivity index (χ0n) is 13.5.